The lowest BCUT2D eigenvalue weighted by atomic mass is 9.89. The second kappa shape index (κ2) is 3.81. The molecule has 1 aromatic rings. The predicted octanol–water partition coefficient (Wildman–Crippen LogP) is 2.72. The Hall–Kier alpha value is -1.70. The van der Waals surface area contributed by atoms with Crippen molar-refractivity contribution in [2.45, 2.75) is 19.8 Å². The molecule has 76 valence electrons. The molecule has 2 heteroatoms. The number of ketones is 2. The van der Waals surface area contributed by atoms with Crippen LogP contribution in [-0.2, 0) is 4.79 Å². The highest BCUT2D eigenvalue weighted by atomic mass is 16.1. The minimum Gasteiger partial charge on any atom is -0.300 e. The molecule has 1 aliphatic carbocycles. The molecule has 1 aliphatic rings. The van der Waals surface area contributed by atoms with Crippen LogP contribution in [0.4, 0.5) is 0 Å². The summed E-state index contributed by atoms with van der Waals surface area (Å²) in [6.45, 7) is 1.51. The topological polar surface area (TPSA) is 34.1 Å². The Balaban J connectivity index is 2.14. The molecule has 15 heavy (non-hydrogen) atoms. The summed E-state index contributed by atoms with van der Waals surface area (Å²) in [6.07, 6.45) is 4.58. The fraction of sp³-hybridized carbons (Fsp3) is 0.231. The number of benzene rings is 1. The monoisotopic (exact) mass is 200 g/mol. The van der Waals surface area contributed by atoms with E-state index in [9.17, 15) is 9.59 Å². The molecule has 0 aliphatic heterocycles. The van der Waals surface area contributed by atoms with Crippen molar-refractivity contribution < 1.29 is 9.59 Å². The standard InChI is InChI=1S/C13H12O2/c1-9(14)5-8-13(15)12-4-2-3-10-6-7-11(10)12/h2-4,6-7H,5,8H2,1H3. The van der Waals surface area contributed by atoms with Gasteiger partial charge in [-0.05, 0) is 18.1 Å². The normalized spacial score (nSPS) is 11.8. The second-order valence-electron chi connectivity index (χ2n) is 3.77. The molecular weight excluding hydrogens is 188 g/mol. The Morgan fingerprint density at radius 3 is 2.53 bits per heavy atom. The van der Waals surface area contributed by atoms with Crippen LogP contribution in [0.15, 0.2) is 18.2 Å². The highest BCUT2D eigenvalue weighted by molar-refractivity contribution is 6.05. The Bertz CT molecular complexity index is 456. The molecule has 0 saturated carbocycles. The summed E-state index contributed by atoms with van der Waals surface area (Å²) < 4.78 is 0. The van der Waals surface area contributed by atoms with Crippen LogP contribution in [0.2, 0.25) is 0 Å². The largest absolute Gasteiger partial charge is 0.300 e. The summed E-state index contributed by atoms with van der Waals surface area (Å²) in [4.78, 5) is 22.5. The van der Waals surface area contributed by atoms with Crippen LogP contribution in [-0.4, -0.2) is 11.6 Å². The van der Waals surface area contributed by atoms with E-state index in [1.54, 1.807) is 0 Å². The first-order valence-corrected chi connectivity index (χ1v) is 5.02. The quantitative estimate of drug-likeness (QED) is 0.711. The minimum atomic E-state index is 0.0615. The van der Waals surface area contributed by atoms with Gasteiger partial charge in [0.1, 0.15) is 5.78 Å². The smallest absolute Gasteiger partial charge is 0.163 e. The maximum atomic E-state index is 11.8. The first kappa shape index (κ1) is 9.84. The van der Waals surface area contributed by atoms with Gasteiger partial charge in [-0.1, -0.05) is 30.4 Å². The maximum Gasteiger partial charge on any atom is 0.163 e. The van der Waals surface area contributed by atoms with Gasteiger partial charge in [0.25, 0.3) is 0 Å². The average Bonchev–Trinajstić information content (AvgIpc) is 2.15. The van der Waals surface area contributed by atoms with E-state index in [0.717, 1.165) is 16.7 Å². The first-order valence-electron chi connectivity index (χ1n) is 5.02. The lowest BCUT2D eigenvalue weighted by Gasteiger charge is -2.14. The molecule has 2 nitrogen and oxygen atoms in total. The number of hydrogen-bond donors (Lipinski definition) is 0. The Kier molecular flexibility index (Phi) is 2.50. The van der Waals surface area contributed by atoms with E-state index >= 15 is 0 Å². The number of fused-ring (bicyclic) bond motifs is 1. The third-order valence-electron chi connectivity index (χ3n) is 2.57. The molecule has 0 N–H and O–H groups in total. The summed E-state index contributed by atoms with van der Waals surface area (Å²) in [7, 11) is 0. The van der Waals surface area contributed by atoms with Crippen molar-refractivity contribution in [1.82, 2.24) is 0 Å². The molecule has 0 amide bonds. The van der Waals surface area contributed by atoms with Crippen molar-refractivity contribution in [2.75, 3.05) is 0 Å². The number of Topliss-reactive ketones (excluding diaryl/α,β-unsaturated/α-hetero) is 2. The van der Waals surface area contributed by atoms with Gasteiger partial charge >= 0.3 is 0 Å². The molecule has 0 saturated heterocycles. The maximum absolute atomic E-state index is 11.8. The molecular formula is C13H12O2. The van der Waals surface area contributed by atoms with Gasteiger partial charge in [0, 0.05) is 18.4 Å². The van der Waals surface area contributed by atoms with Crippen molar-refractivity contribution >= 4 is 23.7 Å². The molecule has 0 spiro atoms. The highest BCUT2D eigenvalue weighted by Gasteiger charge is 2.15. The Morgan fingerprint density at radius 2 is 1.93 bits per heavy atom. The lowest BCUT2D eigenvalue weighted by Crippen LogP contribution is -2.07. The van der Waals surface area contributed by atoms with E-state index in [2.05, 4.69) is 0 Å². The average molecular weight is 200 g/mol. The zero-order valence-corrected chi connectivity index (χ0v) is 8.62. The lowest BCUT2D eigenvalue weighted by molar-refractivity contribution is -0.116. The van der Waals surface area contributed by atoms with Gasteiger partial charge in [-0.2, -0.15) is 0 Å². The fourth-order valence-corrected chi connectivity index (χ4v) is 1.66. The molecule has 0 unspecified atom stereocenters. The molecule has 0 heterocycles. The van der Waals surface area contributed by atoms with Crippen molar-refractivity contribution in [2.24, 2.45) is 0 Å². The van der Waals surface area contributed by atoms with Crippen LogP contribution >= 0.6 is 0 Å². The molecule has 0 bridgehead atoms. The van der Waals surface area contributed by atoms with Gasteiger partial charge in [0.15, 0.2) is 5.78 Å². The highest BCUT2D eigenvalue weighted by Crippen LogP contribution is 2.27. The van der Waals surface area contributed by atoms with E-state index in [-0.39, 0.29) is 11.6 Å². The van der Waals surface area contributed by atoms with Gasteiger partial charge < -0.3 is 4.79 Å². The predicted molar refractivity (Wildman–Crippen MR) is 59.6 cm³/mol. The van der Waals surface area contributed by atoms with Crippen molar-refractivity contribution in [3.8, 4) is 0 Å². The summed E-state index contributed by atoms with van der Waals surface area (Å²) >= 11 is 0. The van der Waals surface area contributed by atoms with Crippen LogP contribution in [0.5, 0.6) is 0 Å². The van der Waals surface area contributed by atoms with Crippen LogP contribution in [0.1, 0.15) is 41.3 Å². The van der Waals surface area contributed by atoms with Gasteiger partial charge in [-0.15, -0.1) is 0 Å². The van der Waals surface area contributed by atoms with E-state index < -0.39 is 0 Å². The summed E-state index contributed by atoms with van der Waals surface area (Å²) in [5.41, 5.74) is 2.88. The van der Waals surface area contributed by atoms with Crippen LogP contribution in [0.3, 0.4) is 0 Å². The van der Waals surface area contributed by atoms with E-state index in [4.69, 9.17) is 0 Å². The zero-order valence-electron chi connectivity index (χ0n) is 8.62. The molecule has 0 fully saturated rings. The van der Waals surface area contributed by atoms with E-state index in [1.165, 1.54) is 6.92 Å². The molecule has 2 rings (SSSR count). The Morgan fingerprint density at radius 1 is 1.13 bits per heavy atom. The van der Waals surface area contributed by atoms with E-state index in [0.29, 0.717) is 12.8 Å². The SMILES string of the molecule is CC(=O)CCC(=O)c1cccc2c1C=C2. The van der Waals surface area contributed by atoms with Crippen LogP contribution in [0, 0.1) is 0 Å². The molecule has 0 aromatic heterocycles. The number of carbonyl (C=O) groups excluding carboxylic acids is 2. The number of hydrogen-bond acceptors (Lipinski definition) is 2. The first-order chi connectivity index (χ1) is 7.18. The van der Waals surface area contributed by atoms with Crippen LogP contribution in [0.25, 0.3) is 12.2 Å². The fourth-order valence-electron chi connectivity index (χ4n) is 1.66. The second-order valence-corrected chi connectivity index (χ2v) is 3.77. The summed E-state index contributed by atoms with van der Waals surface area (Å²) in [5.74, 6) is 0.125. The third kappa shape index (κ3) is 1.89. The van der Waals surface area contributed by atoms with Gasteiger partial charge in [0.2, 0.25) is 0 Å². The van der Waals surface area contributed by atoms with Crippen molar-refractivity contribution in [1.29, 1.82) is 0 Å². The number of rotatable bonds is 4. The number of carbonyl (C=O) groups is 2. The van der Waals surface area contributed by atoms with Crippen LogP contribution < -0.4 is 0 Å². The van der Waals surface area contributed by atoms with E-state index in [1.807, 2.05) is 30.4 Å². The Labute approximate surface area is 88.6 Å². The van der Waals surface area contributed by atoms with Crippen molar-refractivity contribution in [3.05, 3.63) is 34.9 Å². The minimum absolute atomic E-state index is 0.0615. The van der Waals surface area contributed by atoms with Gasteiger partial charge in [-0.3, -0.25) is 4.79 Å². The van der Waals surface area contributed by atoms with Gasteiger partial charge in [-0.25, -0.2) is 0 Å². The zero-order chi connectivity index (χ0) is 10.8. The molecule has 0 radical (unpaired) electrons. The van der Waals surface area contributed by atoms with Crippen molar-refractivity contribution in [3.63, 3.8) is 0 Å². The van der Waals surface area contributed by atoms with Gasteiger partial charge in [0.05, 0.1) is 0 Å². The summed E-state index contributed by atoms with van der Waals surface area (Å²) in [6, 6.07) is 5.69. The third-order valence-corrected chi connectivity index (χ3v) is 2.57. The molecule has 0 atom stereocenters. The molecule has 1 aromatic carbocycles. The summed E-state index contributed by atoms with van der Waals surface area (Å²) in [5, 5.41) is 0.